The van der Waals surface area contributed by atoms with Crippen LogP contribution in [0.3, 0.4) is 0 Å². The predicted molar refractivity (Wildman–Crippen MR) is 93.0 cm³/mol. The zero-order valence-electron chi connectivity index (χ0n) is 13.3. The molecule has 1 aromatic carbocycles. The lowest BCUT2D eigenvalue weighted by atomic mass is 10.1. The number of fused-ring (bicyclic) bond motifs is 1. The highest BCUT2D eigenvalue weighted by atomic mass is 32.1. The minimum Gasteiger partial charge on any atom is -0.493 e. The van der Waals surface area contributed by atoms with Crippen LogP contribution in [0, 0.1) is 0 Å². The Morgan fingerprint density at radius 1 is 1.00 bits per heavy atom. The highest BCUT2D eigenvalue weighted by Gasteiger charge is 2.15. The van der Waals surface area contributed by atoms with Gasteiger partial charge in [-0.3, -0.25) is 4.98 Å². The van der Waals surface area contributed by atoms with E-state index in [0.29, 0.717) is 23.8 Å². The summed E-state index contributed by atoms with van der Waals surface area (Å²) in [6.07, 6.45) is 1.81. The van der Waals surface area contributed by atoms with Crippen LogP contribution in [-0.2, 0) is 6.54 Å². The Kier molecular flexibility index (Phi) is 4.52. The lowest BCUT2D eigenvalue weighted by molar-refractivity contribution is 0.322. The summed E-state index contributed by atoms with van der Waals surface area (Å²) in [7, 11) is 4.85. The van der Waals surface area contributed by atoms with Crippen LogP contribution in [-0.4, -0.2) is 26.3 Å². The van der Waals surface area contributed by atoms with Gasteiger partial charge < -0.3 is 19.5 Å². The Hall–Kier alpha value is -2.47. The number of rotatable bonds is 6. The van der Waals surface area contributed by atoms with E-state index in [-0.39, 0.29) is 0 Å². The fraction of sp³-hybridized carbons (Fsp3) is 0.235. The molecule has 0 saturated carbocycles. The molecule has 1 N–H and O–H groups in total. The number of nitrogens with one attached hydrogen (secondary N) is 1. The molecule has 0 atom stereocenters. The summed E-state index contributed by atoms with van der Waals surface area (Å²) in [6.45, 7) is 0.612. The smallest absolute Gasteiger partial charge is 0.203 e. The van der Waals surface area contributed by atoms with Crippen molar-refractivity contribution in [3.8, 4) is 17.2 Å². The van der Waals surface area contributed by atoms with Gasteiger partial charge >= 0.3 is 0 Å². The summed E-state index contributed by atoms with van der Waals surface area (Å²) in [6, 6.07) is 7.85. The van der Waals surface area contributed by atoms with Gasteiger partial charge in [-0.1, -0.05) is 0 Å². The van der Waals surface area contributed by atoms with Crippen LogP contribution < -0.4 is 19.5 Å². The maximum absolute atomic E-state index is 5.52. The second-order valence-electron chi connectivity index (χ2n) is 4.84. The van der Waals surface area contributed by atoms with E-state index in [2.05, 4.69) is 10.3 Å². The molecule has 0 spiro atoms. The third kappa shape index (κ3) is 2.90. The van der Waals surface area contributed by atoms with Crippen LogP contribution in [0.5, 0.6) is 17.2 Å². The van der Waals surface area contributed by atoms with Gasteiger partial charge in [-0.2, -0.15) is 0 Å². The monoisotopic (exact) mass is 330 g/mol. The predicted octanol–water partition coefficient (Wildman–Crippen LogP) is 3.93. The van der Waals surface area contributed by atoms with E-state index in [4.69, 9.17) is 14.2 Å². The van der Waals surface area contributed by atoms with Crippen LogP contribution in [0.2, 0.25) is 0 Å². The third-order valence-electron chi connectivity index (χ3n) is 3.60. The second-order valence-corrected chi connectivity index (χ2v) is 5.76. The number of methoxy groups -OCH3 is 3. The lowest BCUT2D eigenvalue weighted by Gasteiger charge is -2.16. The summed E-state index contributed by atoms with van der Waals surface area (Å²) in [4.78, 5) is 4.35. The number of pyridine rings is 1. The fourth-order valence-electron chi connectivity index (χ4n) is 2.51. The third-order valence-corrected chi connectivity index (χ3v) is 4.54. The number of hydrogen-bond donors (Lipinski definition) is 1. The summed E-state index contributed by atoms with van der Waals surface area (Å²) in [5.41, 5.74) is 3.05. The standard InChI is InChI=1S/C17H18N2O3S/c1-20-14-5-4-11(15(21-2)16(14)22-3)10-19-12-6-8-18-13-7-9-23-17(12)13/h4-9H,10H2,1-3H3,(H,18,19). The van der Waals surface area contributed by atoms with Gasteiger partial charge in [0, 0.05) is 18.3 Å². The molecule has 0 radical (unpaired) electrons. The fourth-order valence-corrected chi connectivity index (χ4v) is 3.35. The van der Waals surface area contributed by atoms with Crippen LogP contribution in [0.4, 0.5) is 5.69 Å². The number of hydrogen-bond acceptors (Lipinski definition) is 6. The topological polar surface area (TPSA) is 52.6 Å². The summed E-state index contributed by atoms with van der Waals surface area (Å²) in [5, 5.41) is 5.49. The van der Waals surface area contributed by atoms with Crippen LogP contribution in [0.1, 0.15) is 5.56 Å². The summed E-state index contributed by atoms with van der Waals surface area (Å²) >= 11 is 1.67. The molecule has 0 aliphatic rings. The highest BCUT2D eigenvalue weighted by Crippen LogP contribution is 2.40. The first kappa shape index (κ1) is 15.4. The molecular formula is C17H18N2O3S. The molecule has 120 valence electrons. The van der Waals surface area contributed by atoms with Crippen molar-refractivity contribution in [2.24, 2.45) is 0 Å². The Bertz CT molecular complexity index is 817. The molecule has 2 heterocycles. The molecule has 0 amide bonds. The van der Waals surface area contributed by atoms with Crippen molar-refractivity contribution >= 4 is 27.2 Å². The van der Waals surface area contributed by atoms with Gasteiger partial charge in [-0.25, -0.2) is 0 Å². The van der Waals surface area contributed by atoms with Gasteiger partial charge in [0.15, 0.2) is 11.5 Å². The molecule has 3 aromatic rings. The molecular weight excluding hydrogens is 312 g/mol. The van der Waals surface area contributed by atoms with Crippen molar-refractivity contribution in [3.63, 3.8) is 0 Å². The number of aromatic nitrogens is 1. The molecule has 0 aliphatic carbocycles. The van der Waals surface area contributed by atoms with Crippen molar-refractivity contribution in [3.05, 3.63) is 41.4 Å². The molecule has 0 unspecified atom stereocenters. The number of anilines is 1. The van der Waals surface area contributed by atoms with Crippen LogP contribution in [0.15, 0.2) is 35.8 Å². The van der Waals surface area contributed by atoms with Gasteiger partial charge in [-0.15, -0.1) is 11.3 Å². The number of nitrogens with zero attached hydrogens (tertiary/aromatic N) is 1. The van der Waals surface area contributed by atoms with E-state index in [9.17, 15) is 0 Å². The molecule has 0 saturated heterocycles. The Morgan fingerprint density at radius 3 is 2.57 bits per heavy atom. The largest absolute Gasteiger partial charge is 0.493 e. The van der Waals surface area contributed by atoms with Crippen LogP contribution >= 0.6 is 11.3 Å². The lowest BCUT2D eigenvalue weighted by Crippen LogP contribution is -2.04. The minimum absolute atomic E-state index is 0.602. The van der Waals surface area contributed by atoms with E-state index in [0.717, 1.165) is 21.5 Å². The molecule has 23 heavy (non-hydrogen) atoms. The number of benzene rings is 1. The Balaban J connectivity index is 1.90. The SMILES string of the molecule is COc1ccc(CNc2ccnc3ccsc23)c(OC)c1OC. The molecule has 0 aliphatic heterocycles. The molecule has 0 fully saturated rings. The van der Waals surface area contributed by atoms with E-state index in [1.54, 1.807) is 32.7 Å². The average Bonchev–Trinajstić information content (AvgIpc) is 3.08. The zero-order chi connectivity index (χ0) is 16.2. The highest BCUT2D eigenvalue weighted by molar-refractivity contribution is 7.17. The second kappa shape index (κ2) is 6.75. The van der Waals surface area contributed by atoms with Gasteiger partial charge in [0.2, 0.25) is 5.75 Å². The van der Waals surface area contributed by atoms with Gasteiger partial charge in [0.1, 0.15) is 0 Å². The van der Waals surface area contributed by atoms with Gasteiger partial charge in [0.25, 0.3) is 0 Å². The number of ether oxygens (including phenoxy) is 3. The van der Waals surface area contributed by atoms with E-state index < -0.39 is 0 Å². The molecule has 0 bridgehead atoms. The van der Waals surface area contributed by atoms with Crippen LogP contribution in [0.25, 0.3) is 10.2 Å². The maximum Gasteiger partial charge on any atom is 0.203 e. The van der Waals surface area contributed by atoms with E-state index in [1.165, 1.54) is 0 Å². The molecule has 5 nitrogen and oxygen atoms in total. The Morgan fingerprint density at radius 2 is 1.83 bits per heavy atom. The minimum atomic E-state index is 0.602. The number of thiophene rings is 1. The molecule has 2 aromatic heterocycles. The summed E-state index contributed by atoms with van der Waals surface area (Å²) < 4.78 is 17.4. The zero-order valence-corrected chi connectivity index (χ0v) is 14.1. The van der Waals surface area contributed by atoms with Crippen molar-refractivity contribution in [2.75, 3.05) is 26.6 Å². The van der Waals surface area contributed by atoms with Gasteiger partial charge in [-0.05, 0) is 29.6 Å². The van der Waals surface area contributed by atoms with Crippen molar-refractivity contribution in [1.29, 1.82) is 0 Å². The molecule has 3 rings (SSSR count). The normalized spacial score (nSPS) is 10.6. The van der Waals surface area contributed by atoms with Crippen molar-refractivity contribution in [1.82, 2.24) is 4.98 Å². The quantitative estimate of drug-likeness (QED) is 0.742. The first-order chi connectivity index (χ1) is 11.3. The van der Waals surface area contributed by atoms with E-state index in [1.807, 2.05) is 35.8 Å². The average molecular weight is 330 g/mol. The van der Waals surface area contributed by atoms with Crippen molar-refractivity contribution < 1.29 is 14.2 Å². The summed E-state index contributed by atoms with van der Waals surface area (Å²) in [5.74, 6) is 1.93. The van der Waals surface area contributed by atoms with Crippen molar-refractivity contribution in [2.45, 2.75) is 6.54 Å². The Labute approximate surface area is 138 Å². The molecule has 6 heteroatoms. The van der Waals surface area contributed by atoms with Gasteiger partial charge in [0.05, 0.1) is 37.2 Å². The maximum atomic E-state index is 5.52. The first-order valence-corrected chi connectivity index (χ1v) is 8.00. The first-order valence-electron chi connectivity index (χ1n) is 7.12. The van der Waals surface area contributed by atoms with E-state index >= 15 is 0 Å².